The van der Waals surface area contributed by atoms with Crippen LogP contribution >= 0.6 is 15.9 Å². The van der Waals surface area contributed by atoms with Gasteiger partial charge in [0.25, 0.3) is 0 Å². The fourth-order valence-corrected chi connectivity index (χ4v) is 4.19. The van der Waals surface area contributed by atoms with E-state index in [2.05, 4.69) is 77.5 Å². The molecule has 2 aromatic rings. The van der Waals surface area contributed by atoms with Crippen molar-refractivity contribution in [2.45, 2.75) is 51.0 Å². The summed E-state index contributed by atoms with van der Waals surface area (Å²) in [5, 5.41) is 15.1. The molecule has 1 fully saturated rings. The molecule has 146 valence electrons. The fraction of sp³-hybridized carbons (Fsp3) is 0.550. The van der Waals surface area contributed by atoms with Crippen LogP contribution in [0.25, 0.3) is 0 Å². The zero-order valence-electron chi connectivity index (χ0n) is 16.2. The van der Waals surface area contributed by atoms with Crippen LogP contribution in [-0.2, 0) is 18.4 Å². The number of nitrogens with one attached hydrogen (secondary N) is 2. The van der Waals surface area contributed by atoms with Gasteiger partial charge in [0, 0.05) is 43.0 Å². The van der Waals surface area contributed by atoms with Gasteiger partial charge in [-0.15, -0.1) is 10.2 Å². The van der Waals surface area contributed by atoms with E-state index in [9.17, 15) is 0 Å². The lowest BCUT2D eigenvalue weighted by Crippen LogP contribution is -2.45. The third kappa shape index (κ3) is 4.89. The zero-order chi connectivity index (χ0) is 19.1. The third-order valence-corrected chi connectivity index (χ3v) is 6.02. The van der Waals surface area contributed by atoms with Crippen LogP contribution in [0.1, 0.15) is 44.0 Å². The number of aromatic nitrogens is 3. The lowest BCUT2D eigenvalue weighted by molar-refractivity contribution is 0.431. The summed E-state index contributed by atoms with van der Waals surface area (Å²) in [5.74, 6) is 1.87. The number of nitrogens with zero attached hydrogens (tertiary/aromatic N) is 4. The molecule has 1 aromatic carbocycles. The van der Waals surface area contributed by atoms with Crippen molar-refractivity contribution in [2.24, 2.45) is 4.99 Å². The molecule has 0 radical (unpaired) electrons. The van der Waals surface area contributed by atoms with Gasteiger partial charge in [0.05, 0.1) is 0 Å². The Morgan fingerprint density at radius 1 is 1.22 bits per heavy atom. The molecule has 1 aliphatic rings. The second-order valence-corrected chi connectivity index (χ2v) is 8.06. The highest BCUT2D eigenvalue weighted by Gasteiger charge is 2.35. The maximum atomic E-state index is 4.40. The van der Waals surface area contributed by atoms with Crippen molar-refractivity contribution in [1.82, 2.24) is 25.4 Å². The molecule has 1 aliphatic carbocycles. The molecule has 6 nitrogen and oxygen atoms in total. The van der Waals surface area contributed by atoms with E-state index in [1.807, 2.05) is 7.05 Å². The van der Waals surface area contributed by atoms with Gasteiger partial charge in [-0.3, -0.25) is 4.99 Å². The third-order valence-electron chi connectivity index (χ3n) is 5.49. The van der Waals surface area contributed by atoms with Crippen LogP contribution in [-0.4, -0.2) is 40.9 Å². The number of aryl methyl sites for hydroxylation is 1. The van der Waals surface area contributed by atoms with E-state index >= 15 is 0 Å². The minimum atomic E-state index is 0.196. The van der Waals surface area contributed by atoms with E-state index in [4.69, 9.17) is 0 Å². The minimum Gasteiger partial charge on any atom is -0.356 e. The highest BCUT2D eigenvalue weighted by Crippen LogP contribution is 2.40. The lowest BCUT2D eigenvalue weighted by atomic mass is 9.79. The summed E-state index contributed by atoms with van der Waals surface area (Å²) in [6.07, 6.45) is 7.70. The highest BCUT2D eigenvalue weighted by atomic mass is 79.9. The molecule has 1 saturated carbocycles. The van der Waals surface area contributed by atoms with Gasteiger partial charge in [0.2, 0.25) is 0 Å². The standard InChI is InChI=1S/C20H29BrN6/c1-3-18-26-25-15-27(18)13-12-23-19(22-2)24-14-20(10-4-5-11-20)16-6-8-17(21)9-7-16/h6-9,15H,3-5,10-14H2,1-2H3,(H2,22,23,24). The summed E-state index contributed by atoms with van der Waals surface area (Å²) < 4.78 is 3.21. The number of hydrogen-bond acceptors (Lipinski definition) is 3. The molecule has 7 heteroatoms. The Morgan fingerprint density at radius 3 is 2.63 bits per heavy atom. The molecule has 0 saturated heterocycles. The summed E-state index contributed by atoms with van der Waals surface area (Å²) in [6.45, 7) is 4.61. The lowest BCUT2D eigenvalue weighted by Gasteiger charge is -2.31. The molecular formula is C20H29BrN6. The average Bonchev–Trinajstić information content (AvgIpc) is 3.35. The quantitative estimate of drug-likeness (QED) is 0.520. The van der Waals surface area contributed by atoms with Gasteiger partial charge in [-0.2, -0.15) is 0 Å². The van der Waals surface area contributed by atoms with Gasteiger partial charge in [-0.05, 0) is 30.5 Å². The van der Waals surface area contributed by atoms with Gasteiger partial charge in [0.1, 0.15) is 12.2 Å². The van der Waals surface area contributed by atoms with Crippen LogP contribution < -0.4 is 10.6 Å². The SMILES string of the molecule is CCc1nncn1CCNC(=NC)NCC1(c2ccc(Br)cc2)CCCC1. The minimum absolute atomic E-state index is 0.196. The average molecular weight is 433 g/mol. The van der Waals surface area contributed by atoms with Crippen molar-refractivity contribution >= 4 is 21.9 Å². The van der Waals surface area contributed by atoms with Crippen LogP contribution in [0.2, 0.25) is 0 Å². The largest absolute Gasteiger partial charge is 0.356 e. The number of aliphatic imine (C=N–C) groups is 1. The predicted octanol–water partition coefficient (Wildman–Crippen LogP) is 3.28. The second-order valence-electron chi connectivity index (χ2n) is 7.14. The molecule has 1 heterocycles. The van der Waals surface area contributed by atoms with E-state index in [1.165, 1.54) is 31.2 Å². The maximum absolute atomic E-state index is 4.40. The normalized spacial score (nSPS) is 16.5. The smallest absolute Gasteiger partial charge is 0.191 e. The Bertz CT molecular complexity index is 746. The predicted molar refractivity (Wildman–Crippen MR) is 113 cm³/mol. The van der Waals surface area contributed by atoms with Crippen LogP contribution in [0.4, 0.5) is 0 Å². The highest BCUT2D eigenvalue weighted by molar-refractivity contribution is 9.10. The molecule has 2 N–H and O–H groups in total. The number of halogens is 1. The summed E-state index contributed by atoms with van der Waals surface area (Å²) in [5.41, 5.74) is 1.62. The van der Waals surface area contributed by atoms with Crippen molar-refractivity contribution in [1.29, 1.82) is 0 Å². The van der Waals surface area contributed by atoms with Crippen molar-refractivity contribution in [3.05, 3.63) is 46.5 Å². The maximum Gasteiger partial charge on any atom is 0.191 e. The van der Waals surface area contributed by atoms with E-state index in [0.717, 1.165) is 42.3 Å². The molecule has 0 bridgehead atoms. The van der Waals surface area contributed by atoms with E-state index in [-0.39, 0.29) is 5.41 Å². The summed E-state index contributed by atoms with van der Waals surface area (Å²) in [7, 11) is 1.83. The fourth-order valence-electron chi connectivity index (χ4n) is 3.93. The first-order valence-electron chi connectivity index (χ1n) is 9.74. The molecule has 1 aromatic heterocycles. The van der Waals surface area contributed by atoms with Gasteiger partial charge in [-0.25, -0.2) is 0 Å². The topological polar surface area (TPSA) is 67.1 Å². The first kappa shape index (κ1) is 19.9. The number of rotatable bonds is 7. The summed E-state index contributed by atoms with van der Waals surface area (Å²) in [4.78, 5) is 4.40. The van der Waals surface area contributed by atoms with Crippen LogP contribution in [0.3, 0.4) is 0 Å². The molecule has 0 atom stereocenters. The molecule has 0 unspecified atom stereocenters. The number of hydrogen-bond donors (Lipinski definition) is 2. The second kappa shape index (κ2) is 9.35. The first-order valence-corrected chi connectivity index (χ1v) is 10.5. The molecule has 3 rings (SSSR count). The molecule has 0 amide bonds. The Hall–Kier alpha value is -1.89. The number of benzene rings is 1. The van der Waals surface area contributed by atoms with Gasteiger partial charge < -0.3 is 15.2 Å². The van der Waals surface area contributed by atoms with E-state index in [0.29, 0.717) is 0 Å². The molecular weight excluding hydrogens is 404 g/mol. The summed E-state index contributed by atoms with van der Waals surface area (Å²) >= 11 is 3.54. The van der Waals surface area contributed by atoms with Gasteiger partial charge in [0.15, 0.2) is 5.96 Å². The molecule has 0 spiro atoms. The van der Waals surface area contributed by atoms with Crippen molar-refractivity contribution in [3.63, 3.8) is 0 Å². The van der Waals surface area contributed by atoms with Crippen molar-refractivity contribution in [2.75, 3.05) is 20.1 Å². The molecule has 27 heavy (non-hydrogen) atoms. The van der Waals surface area contributed by atoms with E-state index < -0.39 is 0 Å². The van der Waals surface area contributed by atoms with Crippen molar-refractivity contribution < 1.29 is 0 Å². The first-order chi connectivity index (χ1) is 13.2. The van der Waals surface area contributed by atoms with Crippen LogP contribution in [0.15, 0.2) is 40.1 Å². The monoisotopic (exact) mass is 432 g/mol. The summed E-state index contributed by atoms with van der Waals surface area (Å²) in [6, 6.07) is 8.80. The Kier molecular flexibility index (Phi) is 6.88. The van der Waals surface area contributed by atoms with Crippen molar-refractivity contribution in [3.8, 4) is 0 Å². The van der Waals surface area contributed by atoms with E-state index in [1.54, 1.807) is 6.33 Å². The van der Waals surface area contributed by atoms with Gasteiger partial charge >= 0.3 is 0 Å². The zero-order valence-corrected chi connectivity index (χ0v) is 17.8. The molecule has 0 aliphatic heterocycles. The Morgan fingerprint density at radius 2 is 1.96 bits per heavy atom. The Labute approximate surface area is 170 Å². The van der Waals surface area contributed by atoms with Gasteiger partial charge in [-0.1, -0.05) is 47.8 Å². The number of guanidine groups is 1. The Balaban J connectivity index is 1.56. The van der Waals surface area contributed by atoms with Crippen LogP contribution in [0, 0.1) is 0 Å². The van der Waals surface area contributed by atoms with Crippen LogP contribution in [0.5, 0.6) is 0 Å².